The van der Waals surface area contributed by atoms with Gasteiger partial charge in [-0.1, -0.05) is 131 Å². The van der Waals surface area contributed by atoms with Gasteiger partial charge in [0, 0.05) is 9.79 Å². The summed E-state index contributed by atoms with van der Waals surface area (Å²) in [7, 11) is 0.690. The standard InChI is InChI=1S/C25H22P.C14H10O4S2/c1-5-13-22(14-6-1)21-26(23-15-7-2-8-16-23,24-17-9-3-10-18-24)25-19-11-4-12-20-25;15-13(16)9-5-1-3-7-11(9)19-20-12-8-4-2-6-10(12)14(17)18/h1-20H,21H2;1-8H,(H,15,16)(H,17,18)/q+1;. The number of hydrogen-bond acceptors (Lipinski definition) is 4. The summed E-state index contributed by atoms with van der Waals surface area (Å²) in [6, 6.07) is 57.3. The normalized spacial score (nSPS) is 10.8. The van der Waals surface area contributed by atoms with Crippen molar-refractivity contribution in [2.24, 2.45) is 0 Å². The topological polar surface area (TPSA) is 74.6 Å². The van der Waals surface area contributed by atoms with Gasteiger partial charge in [0.05, 0.1) is 17.3 Å². The van der Waals surface area contributed by atoms with Gasteiger partial charge < -0.3 is 10.2 Å². The third-order valence-corrected chi connectivity index (χ3v) is 14.2. The van der Waals surface area contributed by atoms with Crippen LogP contribution in [0.1, 0.15) is 26.3 Å². The number of hydrogen-bond donors (Lipinski definition) is 2. The molecule has 0 aliphatic rings. The summed E-state index contributed by atoms with van der Waals surface area (Å²) in [5.74, 6) is -2.00. The average molecular weight is 660 g/mol. The quantitative estimate of drug-likeness (QED) is 0.113. The Bertz CT molecular complexity index is 1710. The second-order valence-electron chi connectivity index (χ2n) is 10.2. The highest BCUT2D eigenvalue weighted by atomic mass is 33.1. The predicted molar refractivity (Wildman–Crippen MR) is 194 cm³/mol. The van der Waals surface area contributed by atoms with E-state index in [1.165, 1.54) is 55.2 Å². The van der Waals surface area contributed by atoms with E-state index in [4.69, 9.17) is 10.2 Å². The molecule has 0 saturated heterocycles. The van der Waals surface area contributed by atoms with E-state index in [1.807, 2.05) is 0 Å². The van der Waals surface area contributed by atoms with Gasteiger partial charge in [0.15, 0.2) is 0 Å². The Morgan fingerprint density at radius 1 is 0.435 bits per heavy atom. The number of rotatable bonds is 10. The molecule has 0 unspecified atom stereocenters. The van der Waals surface area contributed by atoms with Crippen LogP contribution in [0.25, 0.3) is 0 Å². The van der Waals surface area contributed by atoms with Gasteiger partial charge in [-0.15, -0.1) is 0 Å². The van der Waals surface area contributed by atoms with Crippen molar-refractivity contribution in [1.29, 1.82) is 0 Å². The largest absolute Gasteiger partial charge is 0.478 e. The maximum Gasteiger partial charge on any atom is 0.336 e. The van der Waals surface area contributed by atoms with Gasteiger partial charge in [0.25, 0.3) is 0 Å². The smallest absolute Gasteiger partial charge is 0.336 e. The Hall–Kier alpha value is -4.61. The molecule has 0 amide bonds. The van der Waals surface area contributed by atoms with Crippen LogP contribution in [0, 0.1) is 0 Å². The summed E-state index contributed by atoms with van der Waals surface area (Å²) in [5, 5.41) is 22.5. The molecule has 6 rings (SSSR count). The molecule has 0 radical (unpaired) electrons. The van der Waals surface area contributed by atoms with Crippen molar-refractivity contribution in [2.75, 3.05) is 0 Å². The molecule has 0 spiro atoms. The van der Waals surface area contributed by atoms with Gasteiger partial charge in [0.1, 0.15) is 23.2 Å². The average Bonchev–Trinajstić information content (AvgIpc) is 3.12. The van der Waals surface area contributed by atoms with Crippen LogP contribution in [0.2, 0.25) is 0 Å². The first-order valence-corrected chi connectivity index (χ1v) is 18.7. The Morgan fingerprint density at radius 3 is 1.09 bits per heavy atom. The van der Waals surface area contributed by atoms with E-state index >= 15 is 0 Å². The Balaban J connectivity index is 0.000000188. The summed E-state index contributed by atoms with van der Waals surface area (Å²) >= 11 is 0. The fourth-order valence-electron chi connectivity index (χ4n) is 5.15. The summed E-state index contributed by atoms with van der Waals surface area (Å²) in [4.78, 5) is 23.4. The molecule has 0 bridgehead atoms. The number of aromatic carboxylic acids is 2. The van der Waals surface area contributed by atoms with Crippen LogP contribution in [0.3, 0.4) is 0 Å². The van der Waals surface area contributed by atoms with E-state index < -0.39 is 19.2 Å². The molecule has 7 heteroatoms. The number of carboxylic acids is 2. The van der Waals surface area contributed by atoms with E-state index in [1.54, 1.807) is 36.4 Å². The zero-order chi connectivity index (χ0) is 32.2. The highest BCUT2D eigenvalue weighted by molar-refractivity contribution is 8.76. The molecule has 6 aromatic rings. The van der Waals surface area contributed by atoms with Gasteiger partial charge >= 0.3 is 11.9 Å². The van der Waals surface area contributed by atoms with Crippen molar-refractivity contribution >= 4 is 56.7 Å². The molecule has 0 aliphatic carbocycles. The molecular formula is C39H32O4PS2+. The molecule has 228 valence electrons. The minimum absolute atomic E-state index is 0.206. The van der Waals surface area contributed by atoms with E-state index in [-0.39, 0.29) is 11.1 Å². The lowest BCUT2D eigenvalue weighted by Crippen LogP contribution is -2.32. The fourth-order valence-corrected chi connectivity index (χ4v) is 11.7. The maximum atomic E-state index is 11.1. The molecule has 0 heterocycles. The minimum atomic E-state index is -1.78. The number of benzene rings is 6. The van der Waals surface area contributed by atoms with E-state index in [0.717, 1.165) is 6.16 Å². The van der Waals surface area contributed by atoms with Gasteiger partial charge in [-0.2, -0.15) is 0 Å². The monoisotopic (exact) mass is 659 g/mol. The predicted octanol–water partition coefficient (Wildman–Crippen LogP) is 9.06. The molecule has 6 aromatic carbocycles. The Kier molecular flexibility index (Phi) is 11.5. The van der Waals surface area contributed by atoms with Gasteiger partial charge in [-0.05, 0) is 66.2 Å². The summed E-state index contributed by atoms with van der Waals surface area (Å²) in [6.45, 7) is 0. The Labute approximate surface area is 277 Å². The summed E-state index contributed by atoms with van der Waals surface area (Å²) in [5.41, 5.74) is 1.80. The van der Waals surface area contributed by atoms with Crippen molar-refractivity contribution in [3.63, 3.8) is 0 Å². The van der Waals surface area contributed by atoms with Crippen LogP contribution in [0.15, 0.2) is 180 Å². The van der Waals surface area contributed by atoms with E-state index in [2.05, 4.69) is 121 Å². The molecule has 0 saturated carbocycles. The molecule has 46 heavy (non-hydrogen) atoms. The molecule has 0 fully saturated rings. The van der Waals surface area contributed by atoms with Crippen LogP contribution in [-0.2, 0) is 6.16 Å². The molecule has 0 aliphatic heterocycles. The lowest BCUT2D eigenvalue weighted by Gasteiger charge is -2.27. The second kappa shape index (κ2) is 16.1. The SMILES string of the molecule is O=C(O)c1ccccc1SSc1ccccc1C(=O)O.c1ccc(C[P+](c2ccccc2)(c2ccccc2)c2ccccc2)cc1. The first-order chi connectivity index (χ1) is 22.5. The Morgan fingerprint density at radius 2 is 0.739 bits per heavy atom. The minimum Gasteiger partial charge on any atom is -0.478 e. The fraction of sp³-hybridized carbons (Fsp3) is 0.0256. The van der Waals surface area contributed by atoms with Crippen LogP contribution >= 0.6 is 28.9 Å². The van der Waals surface area contributed by atoms with Crippen LogP contribution in [0.4, 0.5) is 0 Å². The second-order valence-corrected chi connectivity index (χ2v) is 15.9. The van der Waals surface area contributed by atoms with E-state index in [0.29, 0.717) is 9.79 Å². The zero-order valence-electron chi connectivity index (χ0n) is 24.8. The molecule has 2 N–H and O–H groups in total. The van der Waals surface area contributed by atoms with Crippen molar-refractivity contribution in [3.8, 4) is 0 Å². The lowest BCUT2D eigenvalue weighted by molar-refractivity contribution is 0.0682. The van der Waals surface area contributed by atoms with Crippen LogP contribution in [0.5, 0.6) is 0 Å². The summed E-state index contributed by atoms with van der Waals surface area (Å²) < 4.78 is 0. The highest BCUT2D eigenvalue weighted by Crippen LogP contribution is 2.58. The molecule has 0 aromatic heterocycles. The van der Waals surface area contributed by atoms with Crippen LogP contribution in [-0.4, -0.2) is 22.2 Å². The molecule has 4 nitrogen and oxygen atoms in total. The third-order valence-electron chi connectivity index (χ3n) is 7.31. The van der Waals surface area contributed by atoms with Crippen molar-refractivity contribution in [2.45, 2.75) is 16.0 Å². The van der Waals surface area contributed by atoms with E-state index in [9.17, 15) is 9.59 Å². The first kappa shape index (κ1) is 32.8. The highest BCUT2D eigenvalue weighted by Gasteiger charge is 2.45. The van der Waals surface area contributed by atoms with Gasteiger partial charge in [-0.3, -0.25) is 0 Å². The van der Waals surface area contributed by atoms with Crippen molar-refractivity contribution < 1.29 is 19.8 Å². The van der Waals surface area contributed by atoms with Gasteiger partial charge in [-0.25, -0.2) is 9.59 Å². The maximum absolute atomic E-state index is 11.1. The van der Waals surface area contributed by atoms with Crippen LogP contribution < -0.4 is 15.9 Å². The van der Waals surface area contributed by atoms with Crippen molar-refractivity contribution in [1.82, 2.24) is 0 Å². The summed E-state index contributed by atoms with van der Waals surface area (Å²) in [6.07, 6.45) is 1.03. The molecular weight excluding hydrogens is 628 g/mol. The zero-order valence-corrected chi connectivity index (χ0v) is 27.4. The van der Waals surface area contributed by atoms with Crippen molar-refractivity contribution in [3.05, 3.63) is 187 Å². The lowest BCUT2D eigenvalue weighted by atomic mass is 10.2. The van der Waals surface area contributed by atoms with Gasteiger partial charge in [0.2, 0.25) is 0 Å². The molecule has 0 atom stereocenters. The number of carbonyl (C=O) groups is 2. The number of carboxylic acid groups (broad SMARTS) is 2. The first-order valence-electron chi connectivity index (χ1n) is 14.6. The third kappa shape index (κ3) is 7.96.